The van der Waals surface area contributed by atoms with E-state index in [2.05, 4.69) is 4.90 Å². The molecule has 0 fully saturated rings. The predicted octanol–water partition coefficient (Wildman–Crippen LogP) is 6.83. The van der Waals surface area contributed by atoms with E-state index in [0.717, 1.165) is 11.1 Å². The Kier molecular flexibility index (Phi) is 12.6. The molecule has 0 spiro atoms. The molecule has 8 nitrogen and oxygen atoms in total. The van der Waals surface area contributed by atoms with E-state index in [1.54, 1.807) is 54.7 Å². The molecule has 236 valence electrons. The van der Waals surface area contributed by atoms with E-state index in [-0.39, 0.29) is 6.42 Å². The topological polar surface area (TPSA) is 91.4 Å². The highest BCUT2D eigenvalue weighted by Gasteiger charge is 2.38. The molecule has 0 aliphatic heterocycles. The summed E-state index contributed by atoms with van der Waals surface area (Å²) in [6.07, 6.45) is 3.24. The van der Waals surface area contributed by atoms with Gasteiger partial charge in [-0.25, -0.2) is 4.79 Å². The van der Waals surface area contributed by atoms with E-state index in [9.17, 15) is 14.4 Å². The molecule has 43 heavy (non-hydrogen) atoms. The minimum Gasteiger partial charge on any atom is -0.497 e. The van der Waals surface area contributed by atoms with Crippen molar-refractivity contribution in [1.82, 2.24) is 4.90 Å². The second-order valence-electron chi connectivity index (χ2n) is 13.5. The maximum atomic E-state index is 13.5. The molecule has 1 atom stereocenters. The van der Waals surface area contributed by atoms with Crippen LogP contribution in [-0.2, 0) is 35.1 Å². The van der Waals surface area contributed by atoms with Crippen LogP contribution < -0.4 is 4.74 Å². The van der Waals surface area contributed by atoms with Gasteiger partial charge in [0.15, 0.2) is 5.92 Å². The summed E-state index contributed by atoms with van der Waals surface area (Å²) in [5.41, 5.74) is -0.331. The van der Waals surface area contributed by atoms with E-state index >= 15 is 0 Å². The maximum absolute atomic E-state index is 13.5. The molecule has 0 aliphatic rings. The van der Waals surface area contributed by atoms with E-state index in [0.29, 0.717) is 18.8 Å². The number of esters is 3. The first kappa shape index (κ1) is 35.5. The Balaban J connectivity index is 2.59. The molecule has 0 N–H and O–H groups in total. The van der Waals surface area contributed by atoms with Crippen LogP contribution in [0.3, 0.4) is 0 Å². The fourth-order valence-corrected chi connectivity index (χ4v) is 4.32. The third-order valence-electron chi connectivity index (χ3n) is 6.01. The highest BCUT2D eigenvalue weighted by Crippen LogP contribution is 2.33. The van der Waals surface area contributed by atoms with Crippen molar-refractivity contribution in [2.75, 3.05) is 13.7 Å². The minimum absolute atomic E-state index is 0.0866. The summed E-state index contributed by atoms with van der Waals surface area (Å²) in [5.74, 6) is -2.27. The highest BCUT2D eigenvalue weighted by atomic mass is 16.6. The number of ether oxygens (including phenoxy) is 4. The normalized spacial score (nSPS) is 13.2. The second-order valence-corrected chi connectivity index (χ2v) is 13.5. The maximum Gasteiger partial charge on any atom is 0.330 e. The number of benzene rings is 2. The molecule has 0 aliphatic carbocycles. The third-order valence-corrected chi connectivity index (χ3v) is 6.01. The number of carbonyl (C=O) groups excluding carboxylic acids is 3. The number of hydrogen-bond acceptors (Lipinski definition) is 8. The van der Waals surface area contributed by atoms with Gasteiger partial charge < -0.3 is 18.9 Å². The van der Waals surface area contributed by atoms with Crippen LogP contribution in [0.2, 0.25) is 0 Å². The van der Waals surface area contributed by atoms with Crippen LogP contribution in [0.1, 0.15) is 85.9 Å². The fraction of sp³-hybridized carbons (Fsp3) is 0.514. The SMILES string of the molecule is COc1ccc([C@@H](CC(C(=O)OC(C)(C)C)C(=O)OC(C)(C)C)N(C/C=C/C(=O)OC(C)(C)C)Cc2ccccc2)cc1. The zero-order valence-electron chi connectivity index (χ0n) is 27.4. The molecule has 0 saturated carbocycles. The minimum atomic E-state index is -1.20. The molecule has 0 aromatic heterocycles. The van der Waals surface area contributed by atoms with Crippen molar-refractivity contribution in [3.63, 3.8) is 0 Å². The third kappa shape index (κ3) is 13.5. The first-order valence-electron chi connectivity index (χ1n) is 14.6. The Morgan fingerprint density at radius 1 is 0.744 bits per heavy atom. The van der Waals surface area contributed by atoms with Crippen LogP contribution in [0, 0.1) is 5.92 Å². The van der Waals surface area contributed by atoms with Crippen LogP contribution in [0.15, 0.2) is 66.7 Å². The number of methoxy groups -OCH3 is 1. The zero-order chi connectivity index (χ0) is 32.4. The van der Waals surface area contributed by atoms with Gasteiger partial charge in [-0.1, -0.05) is 48.5 Å². The van der Waals surface area contributed by atoms with Crippen LogP contribution in [0.25, 0.3) is 0 Å². The van der Waals surface area contributed by atoms with Gasteiger partial charge in [0.25, 0.3) is 0 Å². The molecule has 0 amide bonds. The van der Waals surface area contributed by atoms with Crippen molar-refractivity contribution in [2.45, 2.75) is 98.1 Å². The Morgan fingerprint density at radius 2 is 1.26 bits per heavy atom. The van der Waals surface area contributed by atoms with E-state index in [1.165, 1.54) is 6.08 Å². The van der Waals surface area contributed by atoms with Gasteiger partial charge in [0.2, 0.25) is 0 Å². The molecule has 2 aromatic rings. The first-order valence-corrected chi connectivity index (χ1v) is 14.6. The average Bonchev–Trinajstić information content (AvgIpc) is 2.86. The second kappa shape index (κ2) is 15.2. The van der Waals surface area contributed by atoms with Crippen molar-refractivity contribution in [3.05, 3.63) is 77.9 Å². The summed E-state index contributed by atoms with van der Waals surface area (Å²) in [5, 5.41) is 0. The van der Waals surface area contributed by atoms with E-state index in [4.69, 9.17) is 18.9 Å². The molecule has 0 bridgehead atoms. The lowest BCUT2D eigenvalue weighted by Crippen LogP contribution is -2.40. The standard InChI is InChI=1S/C35H49NO7/c1-33(2,3)41-30(37)17-14-22-36(24-25-15-12-11-13-16-25)29(26-18-20-27(40-10)21-19-26)23-28(31(38)42-34(4,5)6)32(39)43-35(7,8)9/h11-21,28-29H,22-24H2,1-10H3/b17-14+/t29-/m1/s1. The van der Waals surface area contributed by atoms with Gasteiger partial charge in [-0.3, -0.25) is 14.5 Å². The van der Waals surface area contributed by atoms with Gasteiger partial charge in [-0.15, -0.1) is 0 Å². The summed E-state index contributed by atoms with van der Waals surface area (Å²) in [6.45, 7) is 16.8. The van der Waals surface area contributed by atoms with Crippen LogP contribution in [-0.4, -0.2) is 53.3 Å². The van der Waals surface area contributed by atoms with Gasteiger partial charge in [0.1, 0.15) is 22.6 Å². The van der Waals surface area contributed by atoms with Crippen LogP contribution >= 0.6 is 0 Å². The molecular formula is C35H49NO7. The summed E-state index contributed by atoms with van der Waals surface area (Å²) in [6, 6.07) is 16.9. The lowest BCUT2D eigenvalue weighted by atomic mass is 9.92. The monoisotopic (exact) mass is 595 g/mol. The number of carbonyl (C=O) groups is 3. The molecular weight excluding hydrogens is 546 g/mol. The predicted molar refractivity (Wildman–Crippen MR) is 167 cm³/mol. The largest absolute Gasteiger partial charge is 0.497 e. The van der Waals surface area contributed by atoms with Crippen molar-refractivity contribution < 1.29 is 33.3 Å². The Hall–Kier alpha value is -3.65. The highest BCUT2D eigenvalue weighted by molar-refractivity contribution is 5.95. The van der Waals surface area contributed by atoms with Crippen LogP contribution in [0.4, 0.5) is 0 Å². The Bertz CT molecular complexity index is 1190. The quantitative estimate of drug-likeness (QED) is 0.114. The van der Waals surface area contributed by atoms with Gasteiger partial charge in [0, 0.05) is 25.2 Å². The molecule has 2 rings (SSSR count). The van der Waals surface area contributed by atoms with Crippen molar-refractivity contribution in [3.8, 4) is 5.75 Å². The van der Waals surface area contributed by atoms with E-state index < -0.39 is 46.7 Å². The first-order chi connectivity index (χ1) is 19.9. The lowest BCUT2D eigenvalue weighted by molar-refractivity contribution is -0.175. The van der Waals surface area contributed by atoms with Gasteiger partial charge in [-0.2, -0.15) is 0 Å². The fourth-order valence-electron chi connectivity index (χ4n) is 4.32. The van der Waals surface area contributed by atoms with Crippen molar-refractivity contribution >= 4 is 17.9 Å². The summed E-state index contributed by atoms with van der Waals surface area (Å²) < 4.78 is 22.3. The summed E-state index contributed by atoms with van der Waals surface area (Å²) >= 11 is 0. The summed E-state index contributed by atoms with van der Waals surface area (Å²) in [7, 11) is 1.59. The smallest absolute Gasteiger partial charge is 0.330 e. The molecule has 0 saturated heterocycles. The molecule has 0 unspecified atom stereocenters. The molecule has 0 radical (unpaired) electrons. The van der Waals surface area contributed by atoms with Gasteiger partial charge in [-0.05, 0) is 92.0 Å². The van der Waals surface area contributed by atoms with Crippen molar-refractivity contribution in [2.24, 2.45) is 5.92 Å². The average molecular weight is 596 g/mol. The van der Waals surface area contributed by atoms with E-state index in [1.807, 2.05) is 75.4 Å². The Labute approximate surface area is 257 Å². The molecule has 0 heterocycles. The van der Waals surface area contributed by atoms with Gasteiger partial charge in [0.05, 0.1) is 7.11 Å². The number of nitrogens with zero attached hydrogens (tertiary/aromatic N) is 1. The van der Waals surface area contributed by atoms with Gasteiger partial charge >= 0.3 is 17.9 Å². The van der Waals surface area contributed by atoms with Crippen LogP contribution in [0.5, 0.6) is 5.75 Å². The van der Waals surface area contributed by atoms with Crippen molar-refractivity contribution in [1.29, 1.82) is 0 Å². The number of rotatable bonds is 12. The number of hydrogen-bond donors (Lipinski definition) is 0. The lowest BCUT2D eigenvalue weighted by Gasteiger charge is -2.34. The molecule has 2 aromatic carbocycles. The molecule has 8 heteroatoms. The Morgan fingerprint density at radius 3 is 1.72 bits per heavy atom. The zero-order valence-corrected chi connectivity index (χ0v) is 27.4. The summed E-state index contributed by atoms with van der Waals surface area (Å²) in [4.78, 5) is 41.6.